The van der Waals surface area contributed by atoms with E-state index in [2.05, 4.69) is 20.3 Å². The van der Waals surface area contributed by atoms with E-state index in [0.717, 1.165) is 0 Å². The van der Waals surface area contributed by atoms with Gasteiger partial charge in [-0.05, 0) is 26.0 Å². The van der Waals surface area contributed by atoms with Crippen LogP contribution in [0.1, 0.15) is 24.3 Å². The molecule has 0 radical (unpaired) electrons. The molecule has 0 fully saturated rings. The Labute approximate surface area is 98.4 Å². The van der Waals surface area contributed by atoms with E-state index >= 15 is 0 Å². The van der Waals surface area contributed by atoms with Gasteiger partial charge in [0.2, 0.25) is 5.91 Å². The zero-order valence-electron chi connectivity index (χ0n) is 9.85. The standard InChI is InChI=1S/C10H14N4O3/c1-10(2,9(11)16)12-7-5-4-6(13-14-7)8(15)17-3/h4-5H,1-3H3,(H2,11,16)(H,12,14). The molecule has 7 nitrogen and oxygen atoms in total. The SMILES string of the molecule is COC(=O)c1ccc(NC(C)(C)C(N)=O)nn1. The molecule has 1 aromatic heterocycles. The van der Waals surface area contributed by atoms with E-state index in [0.29, 0.717) is 5.82 Å². The van der Waals surface area contributed by atoms with Gasteiger partial charge in [-0.2, -0.15) is 0 Å². The van der Waals surface area contributed by atoms with Crippen molar-refractivity contribution in [3.8, 4) is 0 Å². The van der Waals surface area contributed by atoms with Crippen molar-refractivity contribution in [1.29, 1.82) is 0 Å². The van der Waals surface area contributed by atoms with Crippen LogP contribution < -0.4 is 11.1 Å². The summed E-state index contributed by atoms with van der Waals surface area (Å²) in [6.45, 7) is 3.23. The lowest BCUT2D eigenvalue weighted by molar-refractivity contribution is -0.121. The van der Waals surface area contributed by atoms with Gasteiger partial charge in [0.25, 0.3) is 0 Å². The number of nitrogens with one attached hydrogen (secondary N) is 1. The number of nitrogens with two attached hydrogens (primary N) is 1. The molecule has 1 heterocycles. The quantitative estimate of drug-likeness (QED) is 0.711. The van der Waals surface area contributed by atoms with Crippen LogP contribution in [0.2, 0.25) is 0 Å². The highest BCUT2D eigenvalue weighted by molar-refractivity contribution is 5.88. The lowest BCUT2D eigenvalue weighted by atomic mass is 10.1. The van der Waals surface area contributed by atoms with Crippen molar-refractivity contribution in [3.63, 3.8) is 0 Å². The van der Waals surface area contributed by atoms with E-state index < -0.39 is 17.4 Å². The predicted molar refractivity (Wildman–Crippen MR) is 60.3 cm³/mol. The molecule has 0 aliphatic heterocycles. The maximum atomic E-state index is 11.1. The number of hydrogen-bond acceptors (Lipinski definition) is 6. The van der Waals surface area contributed by atoms with Gasteiger partial charge in [0.1, 0.15) is 11.4 Å². The molecule has 0 saturated carbocycles. The summed E-state index contributed by atoms with van der Waals surface area (Å²) in [5, 5.41) is 10.2. The number of carbonyl (C=O) groups excluding carboxylic acids is 2. The molecule has 0 unspecified atom stereocenters. The zero-order valence-corrected chi connectivity index (χ0v) is 9.85. The van der Waals surface area contributed by atoms with Crippen LogP contribution in [0.5, 0.6) is 0 Å². The molecule has 1 rings (SSSR count). The van der Waals surface area contributed by atoms with Crippen molar-refractivity contribution in [2.24, 2.45) is 5.73 Å². The van der Waals surface area contributed by atoms with E-state index in [1.54, 1.807) is 13.8 Å². The minimum Gasteiger partial charge on any atom is -0.464 e. The van der Waals surface area contributed by atoms with Crippen molar-refractivity contribution in [3.05, 3.63) is 17.8 Å². The smallest absolute Gasteiger partial charge is 0.358 e. The highest BCUT2D eigenvalue weighted by Gasteiger charge is 2.25. The zero-order chi connectivity index (χ0) is 13.1. The molecular weight excluding hydrogens is 224 g/mol. The third-order valence-electron chi connectivity index (χ3n) is 2.12. The highest BCUT2D eigenvalue weighted by atomic mass is 16.5. The Morgan fingerprint density at radius 2 is 2.00 bits per heavy atom. The molecule has 0 bridgehead atoms. The van der Waals surface area contributed by atoms with Crippen molar-refractivity contribution in [2.45, 2.75) is 19.4 Å². The molecular formula is C10H14N4O3. The van der Waals surface area contributed by atoms with Gasteiger partial charge in [0.15, 0.2) is 5.69 Å². The maximum Gasteiger partial charge on any atom is 0.358 e. The van der Waals surface area contributed by atoms with Gasteiger partial charge in [-0.3, -0.25) is 4.79 Å². The number of carbonyl (C=O) groups is 2. The van der Waals surface area contributed by atoms with Crippen molar-refractivity contribution in [1.82, 2.24) is 10.2 Å². The van der Waals surface area contributed by atoms with E-state index in [9.17, 15) is 9.59 Å². The monoisotopic (exact) mass is 238 g/mol. The molecule has 7 heteroatoms. The molecule has 0 aliphatic carbocycles. The number of hydrogen-bond donors (Lipinski definition) is 2. The second kappa shape index (κ2) is 4.77. The van der Waals surface area contributed by atoms with Crippen molar-refractivity contribution >= 4 is 17.7 Å². The predicted octanol–water partition coefficient (Wildman–Crippen LogP) is -0.0610. The minimum absolute atomic E-state index is 0.0925. The Bertz CT molecular complexity index is 428. The van der Waals surface area contributed by atoms with Gasteiger partial charge in [-0.25, -0.2) is 4.79 Å². The summed E-state index contributed by atoms with van der Waals surface area (Å²) in [7, 11) is 1.26. The Balaban J connectivity index is 2.82. The number of aromatic nitrogens is 2. The van der Waals surface area contributed by atoms with Gasteiger partial charge in [-0.15, -0.1) is 10.2 Å². The summed E-state index contributed by atoms with van der Waals surface area (Å²) in [5.41, 5.74) is 4.34. The van der Waals surface area contributed by atoms with E-state index in [4.69, 9.17) is 5.73 Å². The first-order valence-corrected chi connectivity index (χ1v) is 4.87. The largest absolute Gasteiger partial charge is 0.464 e. The highest BCUT2D eigenvalue weighted by Crippen LogP contribution is 2.11. The van der Waals surface area contributed by atoms with Crippen LogP contribution in [-0.2, 0) is 9.53 Å². The average molecular weight is 238 g/mol. The number of rotatable bonds is 4. The number of methoxy groups -OCH3 is 1. The summed E-state index contributed by atoms with van der Waals surface area (Å²) in [4.78, 5) is 22.2. The molecule has 0 aromatic carbocycles. The van der Waals surface area contributed by atoms with Gasteiger partial charge < -0.3 is 15.8 Å². The summed E-state index contributed by atoms with van der Waals surface area (Å²) >= 11 is 0. The average Bonchev–Trinajstić information content (AvgIpc) is 2.28. The second-order valence-corrected chi connectivity index (χ2v) is 3.91. The Kier molecular flexibility index (Phi) is 3.62. The topological polar surface area (TPSA) is 107 Å². The number of esters is 1. The van der Waals surface area contributed by atoms with Crippen LogP contribution in [0.15, 0.2) is 12.1 Å². The lowest BCUT2D eigenvalue weighted by Crippen LogP contribution is -2.45. The van der Waals surface area contributed by atoms with Crippen LogP contribution in [-0.4, -0.2) is 34.7 Å². The van der Waals surface area contributed by atoms with Gasteiger partial charge in [0, 0.05) is 0 Å². The van der Waals surface area contributed by atoms with Gasteiger partial charge in [0.05, 0.1) is 7.11 Å². The first-order valence-electron chi connectivity index (χ1n) is 4.87. The van der Waals surface area contributed by atoms with E-state index in [1.165, 1.54) is 19.2 Å². The van der Waals surface area contributed by atoms with Crippen LogP contribution in [0.25, 0.3) is 0 Å². The minimum atomic E-state index is -0.943. The third-order valence-corrected chi connectivity index (χ3v) is 2.12. The number of ether oxygens (including phenoxy) is 1. The van der Waals surface area contributed by atoms with Crippen LogP contribution in [0.3, 0.4) is 0 Å². The van der Waals surface area contributed by atoms with Gasteiger partial charge >= 0.3 is 5.97 Å². The molecule has 0 spiro atoms. The van der Waals surface area contributed by atoms with Crippen molar-refractivity contribution < 1.29 is 14.3 Å². The lowest BCUT2D eigenvalue weighted by Gasteiger charge is -2.22. The van der Waals surface area contributed by atoms with Gasteiger partial charge in [-0.1, -0.05) is 0 Å². The Morgan fingerprint density at radius 1 is 1.35 bits per heavy atom. The first kappa shape index (κ1) is 12.9. The number of nitrogens with zero attached hydrogens (tertiary/aromatic N) is 2. The third kappa shape index (κ3) is 3.13. The van der Waals surface area contributed by atoms with Crippen LogP contribution in [0, 0.1) is 0 Å². The molecule has 0 saturated heterocycles. The fourth-order valence-electron chi connectivity index (χ4n) is 0.994. The number of primary amides is 1. The summed E-state index contributed by atoms with van der Waals surface area (Å²) in [6, 6.07) is 2.96. The summed E-state index contributed by atoms with van der Waals surface area (Å²) in [6.07, 6.45) is 0. The molecule has 0 aliphatic rings. The van der Waals surface area contributed by atoms with E-state index in [-0.39, 0.29) is 5.69 Å². The molecule has 1 aromatic rings. The maximum absolute atomic E-state index is 11.1. The Morgan fingerprint density at radius 3 is 2.41 bits per heavy atom. The van der Waals surface area contributed by atoms with E-state index in [1.807, 2.05) is 0 Å². The van der Waals surface area contributed by atoms with Crippen molar-refractivity contribution in [2.75, 3.05) is 12.4 Å². The Hall–Kier alpha value is -2.18. The number of anilines is 1. The first-order chi connectivity index (χ1) is 7.86. The fraction of sp³-hybridized carbons (Fsp3) is 0.400. The summed E-state index contributed by atoms with van der Waals surface area (Å²) in [5.74, 6) is -0.740. The molecule has 0 atom stereocenters. The summed E-state index contributed by atoms with van der Waals surface area (Å²) < 4.78 is 4.48. The van der Waals surface area contributed by atoms with Crippen LogP contribution in [0.4, 0.5) is 5.82 Å². The molecule has 1 amide bonds. The molecule has 3 N–H and O–H groups in total. The fourth-order valence-corrected chi connectivity index (χ4v) is 0.994. The normalized spacial score (nSPS) is 10.8. The molecule has 17 heavy (non-hydrogen) atoms. The molecule has 92 valence electrons. The van der Waals surface area contributed by atoms with Crippen LogP contribution >= 0.6 is 0 Å². The number of amides is 1. The second-order valence-electron chi connectivity index (χ2n) is 3.91.